The molecule has 1 N–H and O–H groups in total. The molecule has 2 aromatic carbocycles. The molecule has 1 atom stereocenters. The van der Waals surface area contributed by atoms with E-state index in [0.29, 0.717) is 23.3 Å². The third kappa shape index (κ3) is 5.14. The van der Waals surface area contributed by atoms with Gasteiger partial charge in [-0.25, -0.2) is 0 Å². The minimum Gasteiger partial charge on any atom is -0.459 e. The Morgan fingerprint density at radius 3 is 2.45 bits per heavy atom. The Balaban J connectivity index is 1.39. The lowest BCUT2D eigenvalue weighted by Gasteiger charge is -2.19. The van der Waals surface area contributed by atoms with Crippen molar-refractivity contribution in [1.29, 1.82) is 0 Å². The van der Waals surface area contributed by atoms with Gasteiger partial charge in [0, 0.05) is 0 Å². The number of nitrogens with one attached hydrogen (secondary N) is 1. The quantitative estimate of drug-likeness (QED) is 0.434. The average Bonchev–Trinajstić information content (AvgIpc) is 3.45. The number of aromatic nitrogens is 2. The van der Waals surface area contributed by atoms with E-state index in [1.165, 1.54) is 18.0 Å². The van der Waals surface area contributed by atoms with E-state index in [9.17, 15) is 4.79 Å². The third-order valence-corrected chi connectivity index (χ3v) is 5.10. The molecule has 7 heteroatoms. The van der Waals surface area contributed by atoms with Crippen molar-refractivity contribution in [2.24, 2.45) is 0 Å². The molecule has 4 aromatic rings. The molecule has 0 aliphatic rings. The predicted molar refractivity (Wildman–Crippen MR) is 110 cm³/mol. The maximum atomic E-state index is 12.6. The van der Waals surface area contributed by atoms with Gasteiger partial charge in [-0.05, 0) is 29.7 Å². The second-order valence-electron chi connectivity index (χ2n) is 6.36. The summed E-state index contributed by atoms with van der Waals surface area (Å²) in [4.78, 5) is 12.6. The van der Waals surface area contributed by atoms with Gasteiger partial charge in [0.15, 0.2) is 5.76 Å². The Hall–Kier alpha value is -3.32. The zero-order chi connectivity index (χ0) is 19.9. The smallest absolute Gasteiger partial charge is 0.284 e. The lowest BCUT2D eigenvalue weighted by atomic mass is 9.99. The van der Waals surface area contributed by atoms with Crippen LogP contribution in [0.3, 0.4) is 0 Å². The van der Waals surface area contributed by atoms with Crippen LogP contribution in [-0.4, -0.2) is 21.9 Å². The molecule has 0 aliphatic heterocycles. The van der Waals surface area contributed by atoms with Crippen molar-refractivity contribution in [3.63, 3.8) is 0 Å². The number of nitrogens with zero attached hydrogens (tertiary/aromatic N) is 2. The molecule has 0 radical (unpaired) electrons. The van der Waals surface area contributed by atoms with Crippen molar-refractivity contribution in [2.75, 3.05) is 5.75 Å². The maximum Gasteiger partial charge on any atom is 0.284 e. The highest BCUT2D eigenvalue weighted by atomic mass is 32.2. The lowest BCUT2D eigenvalue weighted by Crippen LogP contribution is -2.31. The van der Waals surface area contributed by atoms with Gasteiger partial charge in [-0.15, -0.1) is 10.2 Å². The summed E-state index contributed by atoms with van der Waals surface area (Å²) in [7, 11) is 0. The number of thioether (sulfide) groups is 1. The van der Waals surface area contributed by atoms with E-state index < -0.39 is 0 Å². The van der Waals surface area contributed by atoms with E-state index in [1.54, 1.807) is 12.1 Å². The molecule has 6 nitrogen and oxygen atoms in total. The van der Waals surface area contributed by atoms with E-state index in [2.05, 4.69) is 27.6 Å². The van der Waals surface area contributed by atoms with Crippen LogP contribution in [0.15, 0.2) is 93.1 Å². The minimum absolute atomic E-state index is 0.0995. The number of benzene rings is 2. The molecular weight excluding hydrogens is 386 g/mol. The van der Waals surface area contributed by atoms with Crippen molar-refractivity contribution in [2.45, 2.75) is 17.7 Å². The van der Waals surface area contributed by atoms with Gasteiger partial charge in [-0.2, -0.15) is 0 Å². The van der Waals surface area contributed by atoms with Gasteiger partial charge in [0.05, 0.1) is 18.1 Å². The van der Waals surface area contributed by atoms with E-state index >= 15 is 0 Å². The monoisotopic (exact) mass is 405 g/mol. The molecule has 0 fully saturated rings. The molecule has 1 amide bonds. The van der Waals surface area contributed by atoms with Gasteiger partial charge in [-0.3, -0.25) is 4.79 Å². The van der Waals surface area contributed by atoms with Crippen molar-refractivity contribution in [3.8, 4) is 11.7 Å². The van der Waals surface area contributed by atoms with Crippen LogP contribution in [0.5, 0.6) is 0 Å². The Morgan fingerprint density at radius 2 is 1.72 bits per heavy atom. The summed E-state index contributed by atoms with van der Waals surface area (Å²) in [5.74, 6) is 0.875. The highest BCUT2D eigenvalue weighted by molar-refractivity contribution is 7.99. The Kier molecular flexibility index (Phi) is 6.07. The van der Waals surface area contributed by atoms with Crippen LogP contribution in [0.25, 0.3) is 11.7 Å². The fraction of sp³-hybridized carbons (Fsp3) is 0.136. The van der Waals surface area contributed by atoms with Gasteiger partial charge < -0.3 is 14.2 Å². The van der Waals surface area contributed by atoms with Crippen LogP contribution in [0.2, 0.25) is 0 Å². The topological polar surface area (TPSA) is 81.2 Å². The fourth-order valence-corrected chi connectivity index (χ4v) is 3.49. The SMILES string of the molecule is O=C(CSc1nnc(-c2ccco2)o1)NC(Cc1ccccc1)c1ccccc1. The molecule has 146 valence electrons. The summed E-state index contributed by atoms with van der Waals surface area (Å²) in [6.07, 6.45) is 2.25. The summed E-state index contributed by atoms with van der Waals surface area (Å²) in [6, 6.07) is 23.4. The standard InChI is InChI=1S/C22H19N3O3S/c26-20(15-29-22-25-24-21(28-22)19-12-7-13-27-19)23-18(17-10-5-2-6-11-17)14-16-8-3-1-4-9-16/h1-13,18H,14-15H2,(H,23,26). The second kappa shape index (κ2) is 9.25. The molecular formula is C22H19N3O3S. The van der Waals surface area contributed by atoms with Gasteiger partial charge in [0.2, 0.25) is 5.91 Å². The highest BCUT2D eigenvalue weighted by Gasteiger charge is 2.17. The Morgan fingerprint density at radius 1 is 0.966 bits per heavy atom. The molecule has 0 aliphatic carbocycles. The largest absolute Gasteiger partial charge is 0.459 e. The van der Waals surface area contributed by atoms with Gasteiger partial charge in [0.1, 0.15) is 0 Å². The third-order valence-electron chi connectivity index (χ3n) is 4.28. The molecule has 29 heavy (non-hydrogen) atoms. The van der Waals surface area contributed by atoms with Crippen LogP contribution in [-0.2, 0) is 11.2 Å². The van der Waals surface area contributed by atoms with E-state index in [1.807, 2.05) is 48.5 Å². The molecule has 1 unspecified atom stereocenters. The number of rotatable bonds is 8. The summed E-state index contributed by atoms with van der Waals surface area (Å²) in [5, 5.41) is 11.3. The van der Waals surface area contributed by atoms with Crippen LogP contribution in [0.4, 0.5) is 0 Å². The number of hydrogen-bond donors (Lipinski definition) is 1. The van der Waals surface area contributed by atoms with Gasteiger partial charge >= 0.3 is 0 Å². The molecule has 0 saturated heterocycles. The van der Waals surface area contributed by atoms with Crippen LogP contribution in [0.1, 0.15) is 17.2 Å². The summed E-state index contributed by atoms with van der Waals surface area (Å²) < 4.78 is 10.8. The zero-order valence-electron chi connectivity index (χ0n) is 15.5. The number of carbonyl (C=O) groups excluding carboxylic acids is 1. The molecule has 0 spiro atoms. The predicted octanol–water partition coefficient (Wildman–Crippen LogP) is 4.52. The summed E-state index contributed by atoms with van der Waals surface area (Å²) in [6.45, 7) is 0. The number of hydrogen-bond acceptors (Lipinski definition) is 6. The molecule has 0 saturated carbocycles. The lowest BCUT2D eigenvalue weighted by molar-refractivity contribution is -0.119. The van der Waals surface area contributed by atoms with Crippen LogP contribution < -0.4 is 5.32 Å². The first kappa shape index (κ1) is 19.0. The first-order valence-corrected chi connectivity index (χ1v) is 10.1. The first-order valence-electron chi connectivity index (χ1n) is 9.16. The van der Waals surface area contributed by atoms with E-state index in [4.69, 9.17) is 8.83 Å². The fourth-order valence-electron chi connectivity index (χ4n) is 2.92. The van der Waals surface area contributed by atoms with Crippen LogP contribution in [0, 0.1) is 0 Å². The summed E-state index contributed by atoms with van der Waals surface area (Å²) >= 11 is 1.20. The average molecular weight is 405 g/mol. The van der Waals surface area contributed by atoms with Crippen molar-refractivity contribution in [1.82, 2.24) is 15.5 Å². The molecule has 2 heterocycles. The highest BCUT2D eigenvalue weighted by Crippen LogP contribution is 2.24. The number of furan rings is 1. The van der Waals surface area contributed by atoms with Gasteiger partial charge in [0.25, 0.3) is 11.1 Å². The zero-order valence-corrected chi connectivity index (χ0v) is 16.3. The van der Waals surface area contributed by atoms with Crippen molar-refractivity contribution < 1.29 is 13.6 Å². The van der Waals surface area contributed by atoms with Crippen molar-refractivity contribution >= 4 is 17.7 Å². The van der Waals surface area contributed by atoms with E-state index in [-0.39, 0.29) is 17.7 Å². The summed E-state index contributed by atoms with van der Waals surface area (Å²) in [5.41, 5.74) is 2.22. The minimum atomic E-state index is -0.118. The normalized spacial score (nSPS) is 11.9. The Labute approximate surface area is 172 Å². The first-order chi connectivity index (χ1) is 14.3. The van der Waals surface area contributed by atoms with Gasteiger partial charge in [-0.1, -0.05) is 72.4 Å². The number of amides is 1. The van der Waals surface area contributed by atoms with Crippen LogP contribution >= 0.6 is 11.8 Å². The Bertz CT molecular complexity index is 1030. The molecule has 2 aromatic heterocycles. The number of carbonyl (C=O) groups is 1. The second-order valence-corrected chi connectivity index (χ2v) is 7.29. The van der Waals surface area contributed by atoms with Crippen molar-refractivity contribution in [3.05, 3.63) is 90.2 Å². The molecule has 0 bridgehead atoms. The molecule has 4 rings (SSSR count). The maximum absolute atomic E-state index is 12.6. The van der Waals surface area contributed by atoms with E-state index in [0.717, 1.165) is 11.1 Å².